The Labute approximate surface area is 188 Å². The highest BCUT2D eigenvalue weighted by Crippen LogP contribution is 2.31. The van der Waals surface area contributed by atoms with Crippen molar-refractivity contribution in [2.45, 2.75) is 6.17 Å². The number of carbonyl (C=O) groups excluding carboxylic acids is 1. The van der Waals surface area contributed by atoms with Gasteiger partial charge in [-0.25, -0.2) is 4.99 Å². The fourth-order valence-corrected chi connectivity index (χ4v) is 3.74. The number of aromatic nitrogens is 2. The van der Waals surface area contributed by atoms with Gasteiger partial charge in [-0.3, -0.25) is 9.89 Å². The Morgan fingerprint density at radius 3 is 2.70 bits per heavy atom. The molecule has 2 aromatic carbocycles. The molecular weight excluding hydrogens is 443 g/mol. The Morgan fingerprint density at radius 2 is 1.97 bits per heavy atom. The molecular formula is C20H16Cl2N6OS. The highest BCUT2D eigenvalue weighted by atomic mass is 35.5. The summed E-state index contributed by atoms with van der Waals surface area (Å²) >= 11 is 18.1. The maximum absolute atomic E-state index is 13.2. The van der Waals surface area contributed by atoms with Gasteiger partial charge in [-0.1, -0.05) is 41.4 Å². The van der Waals surface area contributed by atoms with Crippen LogP contribution in [0.15, 0.2) is 59.7 Å². The lowest BCUT2D eigenvalue weighted by Crippen LogP contribution is -2.47. The quantitative estimate of drug-likeness (QED) is 0.519. The summed E-state index contributed by atoms with van der Waals surface area (Å²) in [5.41, 5.74) is 2.59. The van der Waals surface area contributed by atoms with Crippen molar-refractivity contribution in [2.75, 3.05) is 17.3 Å². The standard InChI is InChI=1S/C20H16Cl2N6OS/c1-28-15-7-6-11(21)10-13(15)17(12-4-2-3-5-14(12)22)25-18(19(28)29)26-20(30)24-16-8-9-23-27-16/h2-10,18H,1H3,(H3,23,24,26,27,30). The summed E-state index contributed by atoms with van der Waals surface area (Å²) in [4.78, 5) is 19.4. The number of carbonyl (C=O) groups is 1. The van der Waals surface area contributed by atoms with Gasteiger partial charge in [-0.2, -0.15) is 5.10 Å². The van der Waals surface area contributed by atoms with Gasteiger partial charge in [0.2, 0.25) is 6.17 Å². The number of fused-ring (bicyclic) bond motifs is 1. The molecule has 1 unspecified atom stereocenters. The molecule has 152 valence electrons. The lowest BCUT2D eigenvalue weighted by molar-refractivity contribution is -0.119. The molecule has 1 atom stereocenters. The zero-order chi connectivity index (χ0) is 21.3. The Morgan fingerprint density at radius 1 is 1.17 bits per heavy atom. The molecule has 0 fully saturated rings. The number of amides is 1. The van der Waals surface area contributed by atoms with E-state index in [1.54, 1.807) is 43.6 Å². The lowest BCUT2D eigenvalue weighted by Gasteiger charge is -2.21. The number of thiocarbonyl (C=S) groups is 1. The molecule has 0 radical (unpaired) electrons. The number of benzodiazepines with no additional fused rings is 1. The number of aliphatic imine (C=N–C) groups is 1. The SMILES string of the molecule is CN1C(=O)C(NC(=S)Nc2ccn[nH]2)N=C(c2ccccc2Cl)c2cc(Cl)ccc21. The largest absolute Gasteiger partial charge is 0.333 e. The summed E-state index contributed by atoms with van der Waals surface area (Å²) in [6.07, 6.45) is 0.610. The molecule has 0 spiro atoms. The van der Waals surface area contributed by atoms with Gasteiger partial charge in [0.1, 0.15) is 5.82 Å². The van der Waals surface area contributed by atoms with E-state index in [0.29, 0.717) is 38.4 Å². The number of rotatable bonds is 3. The maximum Gasteiger partial charge on any atom is 0.272 e. The molecule has 1 aliphatic rings. The van der Waals surface area contributed by atoms with Crippen LogP contribution in [-0.4, -0.2) is 40.1 Å². The Kier molecular flexibility index (Phi) is 5.72. The first-order valence-corrected chi connectivity index (χ1v) is 10.1. The monoisotopic (exact) mass is 458 g/mol. The third-order valence-electron chi connectivity index (χ3n) is 4.54. The number of hydrogen-bond donors (Lipinski definition) is 3. The molecule has 7 nitrogen and oxygen atoms in total. The van der Waals surface area contributed by atoms with E-state index in [2.05, 4.69) is 20.8 Å². The number of aromatic amines is 1. The predicted octanol–water partition coefficient (Wildman–Crippen LogP) is 3.84. The average Bonchev–Trinajstić information content (AvgIpc) is 3.20. The zero-order valence-corrected chi connectivity index (χ0v) is 18.0. The molecule has 1 amide bonds. The van der Waals surface area contributed by atoms with Crippen molar-refractivity contribution in [2.24, 2.45) is 4.99 Å². The second-order valence-electron chi connectivity index (χ2n) is 6.49. The molecule has 3 N–H and O–H groups in total. The third kappa shape index (κ3) is 4.02. The van der Waals surface area contributed by atoms with Gasteiger partial charge >= 0.3 is 0 Å². The summed E-state index contributed by atoms with van der Waals surface area (Å²) in [5, 5.41) is 13.8. The van der Waals surface area contributed by atoms with E-state index >= 15 is 0 Å². The number of H-pyrrole nitrogens is 1. The van der Waals surface area contributed by atoms with Crippen LogP contribution < -0.4 is 15.5 Å². The number of hydrogen-bond acceptors (Lipinski definition) is 4. The van der Waals surface area contributed by atoms with Crippen molar-refractivity contribution in [3.05, 3.63) is 75.9 Å². The smallest absolute Gasteiger partial charge is 0.272 e. The first-order valence-electron chi connectivity index (χ1n) is 8.91. The van der Waals surface area contributed by atoms with Gasteiger partial charge in [0.05, 0.1) is 17.6 Å². The minimum atomic E-state index is -0.977. The predicted molar refractivity (Wildman–Crippen MR) is 124 cm³/mol. The van der Waals surface area contributed by atoms with Crippen LogP contribution in [0.3, 0.4) is 0 Å². The van der Waals surface area contributed by atoms with Crippen molar-refractivity contribution < 1.29 is 4.79 Å². The summed E-state index contributed by atoms with van der Waals surface area (Å²) < 4.78 is 0. The number of nitrogens with zero attached hydrogens (tertiary/aromatic N) is 3. The van der Waals surface area contributed by atoms with Crippen LogP contribution in [0.4, 0.5) is 11.5 Å². The van der Waals surface area contributed by atoms with Crippen molar-refractivity contribution in [3.8, 4) is 0 Å². The molecule has 10 heteroatoms. The molecule has 0 saturated carbocycles. The van der Waals surface area contributed by atoms with Gasteiger partial charge in [-0.15, -0.1) is 0 Å². The first kappa shape index (κ1) is 20.3. The first-order chi connectivity index (χ1) is 14.4. The fraction of sp³-hybridized carbons (Fsp3) is 0.100. The molecule has 0 aliphatic carbocycles. The van der Waals surface area contributed by atoms with E-state index in [1.807, 2.05) is 18.2 Å². The number of benzene rings is 2. The topological polar surface area (TPSA) is 85.4 Å². The Bertz CT molecular complexity index is 1150. The number of likely N-dealkylation sites (N-methyl/N-ethyl adjacent to an activating group) is 1. The van der Waals surface area contributed by atoms with E-state index in [9.17, 15) is 4.79 Å². The lowest BCUT2D eigenvalue weighted by atomic mass is 10.00. The highest BCUT2D eigenvalue weighted by Gasteiger charge is 2.31. The van der Waals surface area contributed by atoms with Gasteiger partial charge in [0.15, 0.2) is 5.11 Å². The number of halogens is 2. The number of anilines is 2. The van der Waals surface area contributed by atoms with Crippen LogP contribution in [0.2, 0.25) is 10.0 Å². The Balaban J connectivity index is 1.78. The van der Waals surface area contributed by atoms with Crippen molar-refractivity contribution >= 4 is 63.7 Å². The normalized spacial score (nSPS) is 15.8. The fourth-order valence-electron chi connectivity index (χ4n) is 3.12. The Hall–Kier alpha value is -2.94. The molecule has 1 aromatic heterocycles. The van der Waals surface area contributed by atoms with E-state index < -0.39 is 6.17 Å². The van der Waals surface area contributed by atoms with Crippen molar-refractivity contribution in [1.29, 1.82) is 0 Å². The molecule has 3 aromatic rings. The van der Waals surface area contributed by atoms with Crippen molar-refractivity contribution in [1.82, 2.24) is 15.5 Å². The molecule has 2 heterocycles. The zero-order valence-electron chi connectivity index (χ0n) is 15.7. The highest BCUT2D eigenvalue weighted by molar-refractivity contribution is 7.80. The van der Waals surface area contributed by atoms with Crippen LogP contribution >= 0.6 is 35.4 Å². The molecule has 0 bridgehead atoms. The molecule has 30 heavy (non-hydrogen) atoms. The van der Waals surface area contributed by atoms with Gasteiger partial charge in [-0.05, 0) is 36.5 Å². The van der Waals surface area contributed by atoms with Crippen LogP contribution in [0.25, 0.3) is 0 Å². The third-order valence-corrected chi connectivity index (χ3v) is 5.33. The van der Waals surface area contributed by atoms with E-state index in [4.69, 9.17) is 40.4 Å². The van der Waals surface area contributed by atoms with Crippen LogP contribution in [-0.2, 0) is 4.79 Å². The van der Waals surface area contributed by atoms with E-state index in [1.165, 1.54) is 4.90 Å². The molecule has 1 aliphatic heterocycles. The van der Waals surface area contributed by atoms with Gasteiger partial charge in [0.25, 0.3) is 5.91 Å². The van der Waals surface area contributed by atoms with Gasteiger partial charge < -0.3 is 15.5 Å². The maximum atomic E-state index is 13.2. The molecule has 0 saturated heterocycles. The van der Waals surface area contributed by atoms with Crippen molar-refractivity contribution in [3.63, 3.8) is 0 Å². The van der Waals surface area contributed by atoms with Crippen LogP contribution in [0, 0.1) is 0 Å². The minimum absolute atomic E-state index is 0.220. The summed E-state index contributed by atoms with van der Waals surface area (Å²) in [6, 6.07) is 14.3. The molecule has 4 rings (SSSR count). The minimum Gasteiger partial charge on any atom is -0.333 e. The summed E-state index contributed by atoms with van der Waals surface area (Å²) in [7, 11) is 1.68. The average molecular weight is 459 g/mol. The number of nitrogens with one attached hydrogen (secondary N) is 3. The second kappa shape index (κ2) is 8.43. The van der Waals surface area contributed by atoms with E-state index in [0.717, 1.165) is 0 Å². The van der Waals surface area contributed by atoms with Gasteiger partial charge in [0, 0.05) is 34.3 Å². The van der Waals surface area contributed by atoms with Crippen LogP contribution in [0.5, 0.6) is 0 Å². The van der Waals surface area contributed by atoms with Crippen LogP contribution in [0.1, 0.15) is 11.1 Å². The van der Waals surface area contributed by atoms with E-state index in [-0.39, 0.29) is 11.0 Å². The summed E-state index contributed by atoms with van der Waals surface area (Å²) in [5.74, 6) is 0.307. The second-order valence-corrected chi connectivity index (χ2v) is 7.74. The summed E-state index contributed by atoms with van der Waals surface area (Å²) in [6.45, 7) is 0.